The highest BCUT2D eigenvalue weighted by Gasteiger charge is 2.40. The van der Waals surface area contributed by atoms with Crippen molar-refractivity contribution in [2.24, 2.45) is 0 Å². The summed E-state index contributed by atoms with van der Waals surface area (Å²) in [6.45, 7) is 2.58. The van der Waals surface area contributed by atoms with Gasteiger partial charge < -0.3 is 9.84 Å². The van der Waals surface area contributed by atoms with Gasteiger partial charge in [0.2, 0.25) is 0 Å². The number of ether oxygens (including phenoxy) is 1. The predicted octanol–water partition coefficient (Wildman–Crippen LogP) is 0.529. The molecule has 0 amide bonds. The third-order valence-corrected chi connectivity index (χ3v) is 3.79. The van der Waals surface area contributed by atoms with Crippen molar-refractivity contribution in [3.63, 3.8) is 0 Å². The summed E-state index contributed by atoms with van der Waals surface area (Å²) < 4.78 is 5.07. The Labute approximate surface area is 82.0 Å². The van der Waals surface area contributed by atoms with E-state index in [0.717, 1.165) is 6.42 Å². The van der Waals surface area contributed by atoms with Gasteiger partial charge in [0.15, 0.2) is 0 Å². The normalized spacial score (nSPS) is 33.5. The van der Waals surface area contributed by atoms with E-state index in [0.29, 0.717) is 12.4 Å². The monoisotopic (exact) mass is 205 g/mol. The van der Waals surface area contributed by atoms with Crippen molar-refractivity contribution in [3.8, 4) is 0 Å². The molecule has 1 heterocycles. The molecule has 1 rings (SSSR count). The first kappa shape index (κ1) is 10.8. The van der Waals surface area contributed by atoms with Crippen molar-refractivity contribution in [1.29, 1.82) is 0 Å². The third kappa shape index (κ3) is 2.36. The van der Waals surface area contributed by atoms with Crippen LogP contribution in [0.25, 0.3) is 0 Å². The van der Waals surface area contributed by atoms with Gasteiger partial charge in [-0.05, 0) is 6.42 Å². The largest absolute Gasteiger partial charge is 0.480 e. The van der Waals surface area contributed by atoms with Crippen LogP contribution in [0.5, 0.6) is 0 Å². The van der Waals surface area contributed by atoms with Crippen LogP contribution in [0.4, 0.5) is 0 Å². The summed E-state index contributed by atoms with van der Waals surface area (Å²) in [4.78, 5) is 10.5. The number of thioether (sulfide) groups is 1. The van der Waals surface area contributed by atoms with Gasteiger partial charge in [0, 0.05) is 12.9 Å². The number of methoxy groups -OCH3 is 1. The summed E-state index contributed by atoms with van der Waals surface area (Å²) in [5.41, 5.74) is 0. The Balaban J connectivity index is 2.57. The number of carboxylic acids is 1. The van der Waals surface area contributed by atoms with E-state index in [2.05, 4.69) is 5.32 Å². The minimum atomic E-state index is -0.779. The number of carbonyl (C=O) groups is 1. The molecule has 2 unspecified atom stereocenters. The topological polar surface area (TPSA) is 58.6 Å². The maximum absolute atomic E-state index is 10.7. The first-order chi connectivity index (χ1) is 6.13. The summed E-state index contributed by atoms with van der Waals surface area (Å²) in [5.74, 6) is -0.161. The molecule has 5 heteroatoms. The van der Waals surface area contributed by atoms with E-state index >= 15 is 0 Å². The van der Waals surface area contributed by atoms with Gasteiger partial charge in [0.1, 0.15) is 6.04 Å². The molecule has 1 aliphatic heterocycles. The van der Waals surface area contributed by atoms with Gasteiger partial charge in [-0.3, -0.25) is 10.1 Å². The molecule has 0 aliphatic carbocycles. The second-order valence-corrected chi connectivity index (χ2v) is 4.53. The third-order valence-electron chi connectivity index (χ3n) is 2.21. The molecule has 2 N–H and O–H groups in total. The molecule has 76 valence electrons. The van der Waals surface area contributed by atoms with Crippen molar-refractivity contribution in [1.82, 2.24) is 5.32 Å². The van der Waals surface area contributed by atoms with E-state index in [1.807, 2.05) is 6.92 Å². The molecule has 2 atom stereocenters. The van der Waals surface area contributed by atoms with Gasteiger partial charge >= 0.3 is 5.97 Å². The standard InChI is InChI=1S/C8H15NO3S/c1-3-8(5-12-2)9-6(4-13-8)7(10)11/h6,9H,3-5H2,1-2H3,(H,10,11). The fraction of sp³-hybridized carbons (Fsp3) is 0.875. The maximum Gasteiger partial charge on any atom is 0.321 e. The first-order valence-corrected chi connectivity index (χ1v) is 5.25. The molecule has 1 aliphatic rings. The average Bonchev–Trinajstić information content (AvgIpc) is 2.51. The smallest absolute Gasteiger partial charge is 0.321 e. The van der Waals surface area contributed by atoms with Gasteiger partial charge in [-0.2, -0.15) is 0 Å². The molecule has 13 heavy (non-hydrogen) atoms. The number of hydrogen-bond acceptors (Lipinski definition) is 4. The Morgan fingerprint density at radius 3 is 2.92 bits per heavy atom. The molecule has 0 saturated carbocycles. The average molecular weight is 205 g/mol. The number of carboxylic acid groups (broad SMARTS) is 1. The lowest BCUT2D eigenvalue weighted by Crippen LogP contribution is -2.47. The van der Waals surface area contributed by atoms with Crippen LogP contribution in [0.15, 0.2) is 0 Å². The second kappa shape index (κ2) is 4.30. The minimum absolute atomic E-state index is 0.197. The Morgan fingerprint density at radius 1 is 1.85 bits per heavy atom. The van der Waals surface area contributed by atoms with Gasteiger partial charge in [-0.25, -0.2) is 0 Å². The van der Waals surface area contributed by atoms with E-state index in [9.17, 15) is 4.79 Å². The van der Waals surface area contributed by atoms with E-state index in [1.165, 1.54) is 0 Å². The molecule has 1 fully saturated rings. The van der Waals surface area contributed by atoms with Crippen molar-refractivity contribution in [3.05, 3.63) is 0 Å². The highest BCUT2D eigenvalue weighted by atomic mass is 32.2. The van der Waals surface area contributed by atoms with Gasteiger partial charge in [0.05, 0.1) is 11.5 Å². The lowest BCUT2D eigenvalue weighted by Gasteiger charge is -2.26. The van der Waals surface area contributed by atoms with Crippen LogP contribution >= 0.6 is 11.8 Å². The SMILES string of the molecule is CCC1(COC)NC(C(=O)O)CS1. The van der Waals surface area contributed by atoms with Crippen molar-refractivity contribution in [2.75, 3.05) is 19.5 Å². The molecular formula is C8H15NO3S. The molecule has 1 saturated heterocycles. The first-order valence-electron chi connectivity index (χ1n) is 4.27. The molecule has 0 spiro atoms. The van der Waals surface area contributed by atoms with Crippen LogP contribution in [0, 0.1) is 0 Å². The van der Waals surface area contributed by atoms with Crippen LogP contribution < -0.4 is 5.32 Å². The van der Waals surface area contributed by atoms with Crippen molar-refractivity contribution < 1.29 is 14.6 Å². The number of aliphatic carboxylic acids is 1. The Bertz CT molecular complexity index is 200. The summed E-state index contributed by atoms with van der Waals surface area (Å²) in [6.07, 6.45) is 0.870. The predicted molar refractivity (Wildman–Crippen MR) is 51.9 cm³/mol. The summed E-state index contributed by atoms with van der Waals surface area (Å²) in [5, 5.41) is 11.9. The van der Waals surface area contributed by atoms with E-state index in [-0.39, 0.29) is 4.87 Å². The molecule has 0 bridgehead atoms. The van der Waals surface area contributed by atoms with Crippen LogP contribution in [-0.2, 0) is 9.53 Å². The molecule has 0 aromatic carbocycles. The van der Waals surface area contributed by atoms with Crippen LogP contribution in [0.2, 0.25) is 0 Å². The lowest BCUT2D eigenvalue weighted by molar-refractivity contribution is -0.139. The van der Waals surface area contributed by atoms with Crippen LogP contribution in [-0.4, -0.2) is 41.5 Å². The number of rotatable bonds is 4. The van der Waals surface area contributed by atoms with Crippen molar-refractivity contribution >= 4 is 17.7 Å². The minimum Gasteiger partial charge on any atom is -0.480 e. The van der Waals surface area contributed by atoms with Crippen molar-refractivity contribution in [2.45, 2.75) is 24.3 Å². The van der Waals surface area contributed by atoms with Gasteiger partial charge in [0.25, 0.3) is 0 Å². The molecule has 0 aromatic rings. The maximum atomic E-state index is 10.7. The molecule has 0 radical (unpaired) electrons. The van der Waals surface area contributed by atoms with Crippen LogP contribution in [0.1, 0.15) is 13.3 Å². The lowest BCUT2D eigenvalue weighted by atomic mass is 10.2. The van der Waals surface area contributed by atoms with Crippen LogP contribution in [0.3, 0.4) is 0 Å². The summed E-state index contributed by atoms with van der Waals surface area (Å²) in [6, 6.07) is -0.430. The highest BCUT2D eigenvalue weighted by molar-refractivity contribution is 8.01. The summed E-state index contributed by atoms with van der Waals surface area (Å²) in [7, 11) is 1.63. The fourth-order valence-corrected chi connectivity index (χ4v) is 2.74. The molecule has 0 aromatic heterocycles. The Hall–Kier alpha value is -0.260. The van der Waals surface area contributed by atoms with E-state index in [4.69, 9.17) is 9.84 Å². The van der Waals surface area contributed by atoms with Gasteiger partial charge in [-0.1, -0.05) is 6.92 Å². The number of hydrogen-bond donors (Lipinski definition) is 2. The van der Waals surface area contributed by atoms with E-state index < -0.39 is 12.0 Å². The molecule has 4 nitrogen and oxygen atoms in total. The zero-order valence-corrected chi connectivity index (χ0v) is 8.69. The number of nitrogens with one attached hydrogen (secondary N) is 1. The molecular weight excluding hydrogens is 190 g/mol. The Morgan fingerprint density at radius 2 is 2.54 bits per heavy atom. The Kier molecular flexibility index (Phi) is 3.58. The zero-order valence-electron chi connectivity index (χ0n) is 7.87. The second-order valence-electron chi connectivity index (χ2n) is 3.13. The highest BCUT2D eigenvalue weighted by Crippen LogP contribution is 2.33. The quantitative estimate of drug-likeness (QED) is 0.701. The zero-order chi connectivity index (χ0) is 9.90. The van der Waals surface area contributed by atoms with E-state index in [1.54, 1.807) is 18.9 Å². The van der Waals surface area contributed by atoms with Gasteiger partial charge in [-0.15, -0.1) is 11.8 Å². The summed E-state index contributed by atoms with van der Waals surface area (Å²) >= 11 is 1.63. The fourth-order valence-electron chi connectivity index (χ4n) is 1.40.